The van der Waals surface area contributed by atoms with Gasteiger partial charge in [0.25, 0.3) is 0 Å². The van der Waals surface area contributed by atoms with Gasteiger partial charge in [-0.2, -0.15) is 0 Å². The molecule has 0 fully saturated rings. The van der Waals surface area contributed by atoms with E-state index in [0.717, 1.165) is 12.1 Å². The lowest BCUT2D eigenvalue weighted by atomic mass is 9.81. The van der Waals surface area contributed by atoms with Crippen molar-refractivity contribution in [1.29, 1.82) is 0 Å². The Labute approximate surface area is 371 Å². The van der Waals surface area contributed by atoms with Crippen molar-refractivity contribution in [3.63, 3.8) is 0 Å². The zero-order chi connectivity index (χ0) is 41.6. The number of hydrogen-bond acceptors (Lipinski definition) is 2. The van der Waals surface area contributed by atoms with Crippen LogP contribution in [0.4, 0.5) is 11.4 Å². The number of allylic oxidation sites excluding steroid dienone is 2. The first-order chi connectivity index (χ1) is 31.1. The summed E-state index contributed by atoms with van der Waals surface area (Å²) in [6, 6.07) is 76.4. The van der Waals surface area contributed by atoms with Crippen LogP contribution in [-0.2, 0) is 0 Å². The average Bonchev–Trinajstić information content (AvgIpc) is 3.99. The number of hydrogen-bond donors (Lipinski definition) is 0. The fourth-order valence-corrected chi connectivity index (χ4v) is 12.1. The van der Waals surface area contributed by atoms with Crippen molar-refractivity contribution >= 4 is 77.5 Å². The van der Waals surface area contributed by atoms with Gasteiger partial charge in [0.05, 0.1) is 22.1 Å². The van der Waals surface area contributed by atoms with Crippen molar-refractivity contribution in [2.75, 3.05) is 4.90 Å². The first kappa shape index (κ1) is 36.4. The monoisotopic (exact) mass is 825 g/mol. The molecule has 300 valence electrons. The molecule has 2 aliphatic rings. The molecule has 0 radical (unpaired) electrons. The molecule has 0 saturated heterocycles. The van der Waals surface area contributed by atoms with Crippen molar-refractivity contribution in [3.8, 4) is 22.5 Å². The molecule has 0 amide bonds. The van der Waals surface area contributed by atoms with Crippen LogP contribution in [0.5, 0.6) is 0 Å². The van der Waals surface area contributed by atoms with Gasteiger partial charge in [0.15, 0.2) is 0 Å². The third-order valence-corrected chi connectivity index (χ3v) is 14.9. The largest absolute Gasteiger partial charge is 0.313 e. The maximum atomic E-state index is 2.59. The van der Waals surface area contributed by atoms with Gasteiger partial charge < -0.3 is 14.0 Å². The van der Waals surface area contributed by atoms with E-state index in [2.05, 4.69) is 227 Å². The Morgan fingerprint density at radius 1 is 0.460 bits per heavy atom. The topological polar surface area (TPSA) is 13.1 Å². The Bertz CT molecular complexity index is 3610. The fourth-order valence-electron chi connectivity index (χ4n) is 10.8. The number of benzene rings is 9. The highest BCUT2D eigenvalue weighted by Crippen LogP contribution is 2.57. The third kappa shape index (κ3) is 5.82. The maximum Gasteiger partial charge on any atom is 0.0547 e. The minimum Gasteiger partial charge on any atom is -0.313 e. The van der Waals surface area contributed by atoms with Crippen LogP contribution in [-0.4, -0.2) is 9.13 Å². The second-order valence-corrected chi connectivity index (χ2v) is 18.5. The number of nitrogens with zero attached hydrogens (tertiary/aromatic N) is 3. The predicted octanol–water partition coefficient (Wildman–Crippen LogP) is 16.4. The van der Waals surface area contributed by atoms with E-state index in [1.807, 2.05) is 11.8 Å². The normalized spacial score (nSPS) is 16.1. The van der Waals surface area contributed by atoms with Gasteiger partial charge in [-0.1, -0.05) is 140 Å². The highest BCUT2D eigenvalue weighted by molar-refractivity contribution is 8.03. The minimum atomic E-state index is 0.419. The van der Waals surface area contributed by atoms with Gasteiger partial charge in [-0.15, -0.1) is 0 Å². The summed E-state index contributed by atoms with van der Waals surface area (Å²) in [6.45, 7) is 2.44. The SMILES string of the molecule is CC1CC(N(c2ccc(-c3ccc(-n4c5ccccc5c5cc6ccccc6cc54)cc3)cc2)c2ccc3c(c2)c2ccccc2n3-c2ccccc2)=C2Sc3ccccc3C2C1. The van der Waals surface area contributed by atoms with Gasteiger partial charge in [0, 0.05) is 65.7 Å². The van der Waals surface area contributed by atoms with Gasteiger partial charge in [-0.05, 0) is 131 Å². The lowest BCUT2D eigenvalue weighted by Gasteiger charge is -2.36. The van der Waals surface area contributed by atoms with Crippen LogP contribution in [0.25, 0.3) is 76.9 Å². The number of thioether (sulfide) groups is 1. The Hall–Kier alpha value is -7.27. The summed E-state index contributed by atoms with van der Waals surface area (Å²) < 4.78 is 4.83. The maximum absolute atomic E-state index is 2.59. The van der Waals surface area contributed by atoms with Crippen LogP contribution in [0.15, 0.2) is 222 Å². The van der Waals surface area contributed by atoms with Gasteiger partial charge in [-0.3, -0.25) is 0 Å². The van der Waals surface area contributed by atoms with Crippen LogP contribution in [0.3, 0.4) is 0 Å². The highest BCUT2D eigenvalue weighted by Gasteiger charge is 2.38. The van der Waals surface area contributed by atoms with Gasteiger partial charge in [0.2, 0.25) is 0 Å². The van der Waals surface area contributed by atoms with Crippen molar-refractivity contribution in [1.82, 2.24) is 9.13 Å². The summed E-state index contributed by atoms with van der Waals surface area (Å²) in [5.41, 5.74) is 14.9. The molecular weight excluding hydrogens is 783 g/mol. The van der Waals surface area contributed by atoms with E-state index in [1.54, 1.807) is 0 Å². The molecule has 4 heteroatoms. The predicted molar refractivity (Wildman–Crippen MR) is 267 cm³/mol. The molecule has 13 rings (SSSR count). The second-order valence-electron chi connectivity index (χ2n) is 17.4. The molecule has 0 spiro atoms. The lowest BCUT2D eigenvalue weighted by molar-refractivity contribution is 0.466. The first-order valence-electron chi connectivity index (χ1n) is 22.2. The van der Waals surface area contributed by atoms with Crippen LogP contribution in [0.1, 0.15) is 31.2 Å². The smallest absolute Gasteiger partial charge is 0.0547 e. The molecule has 2 unspecified atom stereocenters. The van der Waals surface area contributed by atoms with Gasteiger partial charge >= 0.3 is 0 Å². The van der Waals surface area contributed by atoms with E-state index in [0.29, 0.717) is 11.8 Å². The van der Waals surface area contributed by atoms with Crippen molar-refractivity contribution in [2.45, 2.75) is 30.6 Å². The highest BCUT2D eigenvalue weighted by atomic mass is 32.2. The Morgan fingerprint density at radius 3 is 1.76 bits per heavy atom. The van der Waals surface area contributed by atoms with E-state index in [9.17, 15) is 0 Å². The number of anilines is 2. The van der Waals surface area contributed by atoms with Gasteiger partial charge in [-0.25, -0.2) is 0 Å². The standard InChI is InChI=1S/C59H43N3S/c1-38-33-52-49-19-9-12-22-58(49)63-59(52)57(34-38)60(46-31-32-55-51(37-46)48-18-8-10-20-53(48)61(55)43-15-3-2-4-16-43)44-27-23-39(24-28-44)40-25-29-45(30-26-40)62-54-21-11-7-17-47(54)50-35-41-13-5-6-14-42(41)36-56(50)62/h2-32,35-38,52H,33-34H2,1H3. The molecule has 3 heterocycles. The van der Waals surface area contributed by atoms with Crippen molar-refractivity contribution < 1.29 is 0 Å². The summed E-state index contributed by atoms with van der Waals surface area (Å²) in [4.78, 5) is 5.49. The molecule has 1 aliphatic carbocycles. The summed E-state index contributed by atoms with van der Waals surface area (Å²) in [7, 11) is 0. The molecule has 2 atom stereocenters. The summed E-state index contributed by atoms with van der Waals surface area (Å²) in [5.74, 6) is 0.972. The summed E-state index contributed by atoms with van der Waals surface area (Å²) >= 11 is 1.99. The zero-order valence-electron chi connectivity index (χ0n) is 34.9. The number of rotatable bonds is 6. The molecule has 0 bridgehead atoms. The molecule has 63 heavy (non-hydrogen) atoms. The summed E-state index contributed by atoms with van der Waals surface area (Å²) in [5, 5.41) is 7.61. The Morgan fingerprint density at radius 2 is 1.02 bits per heavy atom. The average molecular weight is 826 g/mol. The number of para-hydroxylation sites is 3. The van der Waals surface area contributed by atoms with E-state index in [1.165, 1.54) is 110 Å². The molecular formula is C59H43N3S. The van der Waals surface area contributed by atoms with Gasteiger partial charge in [0.1, 0.15) is 0 Å². The Balaban J connectivity index is 0.927. The first-order valence-corrected chi connectivity index (χ1v) is 23.0. The Kier molecular flexibility index (Phi) is 8.32. The molecule has 11 aromatic rings. The van der Waals surface area contributed by atoms with Crippen molar-refractivity contribution in [3.05, 3.63) is 222 Å². The third-order valence-electron chi connectivity index (χ3n) is 13.6. The van der Waals surface area contributed by atoms with Crippen molar-refractivity contribution in [2.24, 2.45) is 5.92 Å². The molecule has 9 aromatic carbocycles. The van der Waals surface area contributed by atoms with Crippen LogP contribution in [0, 0.1) is 5.92 Å². The molecule has 0 N–H and O–H groups in total. The lowest BCUT2D eigenvalue weighted by Crippen LogP contribution is -2.24. The van der Waals surface area contributed by atoms with E-state index in [-0.39, 0.29) is 0 Å². The second kappa shape index (κ2) is 14.4. The van der Waals surface area contributed by atoms with Crippen LogP contribution in [0.2, 0.25) is 0 Å². The quantitative estimate of drug-likeness (QED) is 0.166. The molecule has 1 aliphatic heterocycles. The van der Waals surface area contributed by atoms with E-state index >= 15 is 0 Å². The summed E-state index contributed by atoms with van der Waals surface area (Å²) in [6.07, 6.45) is 2.21. The number of aromatic nitrogens is 2. The zero-order valence-corrected chi connectivity index (χ0v) is 35.8. The van der Waals surface area contributed by atoms with Crippen LogP contribution < -0.4 is 4.90 Å². The fraction of sp³-hybridized carbons (Fsp3) is 0.0847. The molecule has 3 nitrogen and oxygen atoms in total. The molecule has 2 aromatic heterocycles. The minimum absolute atomic E-state index is 0.419. The van der Waals surface area contributed by atoms with Crippen LogP contribution >= 0.6 is 11.8 Å². The van der Waals surface area contributed by atoms with E-state index in [4.69, 9.17) is 0 Å². The van der Waals surface area contributed by atoms with E-state index < -0.39 is 0 Å². The molecule has 0 saturated carbocycles. The number of fused-ring (bicyclic) bond motifs is 10.